The Bertz CT molecular complexity index is 206. The van der Waals surface area contributed by atoms with Crippen molar-refractivity contribution >= 4 is 0 Å². The van der Waals surface area contributed by atoms with Crippen molar-refractivity contribution in [1.29, 1.82) is 0 Å². The molecule has 0 spiro atoms. The Labute approximate surface area is 108 Å². The highest BCUT2D eigenvalue weighted by Gasteiger charge is 2.21. The third-order valence-electron chi connectivity index (χ3n) is 3.98. The highest BCUT2D eigenvalue weighted by Crippen LogP contribution is 2.08. The number of nitrogens with zero attached hydrogens (tertiary/aromatic N) is 2. The van der Waals surface area contributed by atoms with Crippen LogP contribution in [-0.4, -0.2) is 61.2 Å². The van der Waals surface area contributed by atoms with Crippen LogP contribution in [0.5, 0.6) is 0 Å². The number of hydrogen-bond donors (Lipinski definition) is 1. The molecular weight excluding hydrogens is 210 g/mol. The molecule has 0 bridgehead atoms. The minimum Gasteiger partial charge on any atom is -0.311 e. The summed E-state index contributed by atoms with van der Waals surface area (Å²) >= 11 is 0. The van der Waals surface area contributed by atoms with Crippen LogP contribution in [0.4, 0.5) is 0 Å². The zero-order valence-corrected chi connectivity index (χ0v) is 12.4. The zero-order valence-electron chi connectivity index (χ0n) is 12.4. The van der Waals surface area contributed by atoms with Crippen LogP contribution in [0.3, 0.4) is 0 Å². The van der Waals surface area contributed by atoms with Crippen LogP contribution in [0.25, 0.3) is 0 Å². The van der Waals surface area contributed by atoms with E-state index in [1.165, 1.54) is 32.5 Å². The first kappa shape index (κ1) is 14.9. The van der Waals surface area contributed by atoms with E-state index in [-0.39, 0.29) is 0 Å². The van der Waals surface area contributed by atoms with Crippen molar-refractivity contribution in [1.82, 2.24) is 15.1 Å². The van der Waals surface area contributed by atoms with E-state index in [4.69, 9.17) is 0 Å². The lowest BCUT2D eigenvalue weighted by Gasteiger charge is -2.37. The van der Waals surface area contributed by atoms with E-state index in [9.17, 15) is 0 Å². The normalized spacial score (nSPS) is 27.0. The summed E-state index contributed by atoms with van der Waals surface area (Å²) in [6.45, 7) is 14.0. The van der Waals surface area contributed by atoms with E-state index in [2.05, 4.69) is 49.9 Å². The maximum Gasteiger partial charge on any atom is 0.0193 e. The Hall–Kier alpha value is -0.120. The molecule has 1 fully saturated rings. The Morgan fingerprint density at radius 2 is 2.00 bits per heavy atom. The molecule has 2 unspecified atom stereocenters. The van der Waals surface area contributed by atoms with Crippen molar-refractivity contribution in [2.45, 2.75) is 58.7 Å². The van der Waals surface area contributed by atoms with E-state index >= 15 is 0 Å². The van der Waals surface area contributed by atoms with Crippen molar-refractivity contribution in [2.75, 3.05) is 33.2 Å². The van der Waals surface area contributed by atoms with Gasteiger partial charge in [0, 0.05) is 31.2 Å². The quantitative estimate of drug-likeness (QED) is 0.715. The van der Waals surface area contributed by atoms with Crippen molar-refractivity contribution in [3.05, 3.63) is 0 Å². The third-order valence-corrected chi connectivity index (χ3v) is 3.98. The van der Waals surface area contributed by atoms with Gasteiger partial charge in [0.05, 0.1) is 0 Å². The Morgan fingerprint density at radius 3 is 2.65 bits per heavy atom. The van der Waals surface area contributed by atoms with Crippen molar-refractivity contribution in [2.24, 2.45) is 0 Å². The summed E-state index contributed by atoms with van der Waals surface area (Å²) < 4.78 is 0. The molecule has 3 nitrogen and oxygen atoms in total. The number of nitrogens with one attached hydrogen (secondary N) is 1. The van der Waals surface area contributed by atoms with Gasteiger partial charge in [0.2, 0.25) is 0 Å². The summed E-state index contributed by atoms with van der Waals surface area (Å²) in [7, 11) is 2.22. The highest BCUT2D eigenvalue weighted by atomic mass is 15.2. The Kier molecular flexibility index (Phi) is 6.45. The van der Waals surface area contributed by atoms with Crippen molar-refractivity contribution in [3.63, 3.8) is 0 Å². The smallest absolute Gasteiger partial charge is 0.0193 e. The molecule has 0 aliphatic carbocycles. The van der Waals surface area contributed by atoms with E-state index < -0.39 is 0 Å². The van der Waals surface area contributed by atoms with Gasteiger partial charge < -0.3 is 10.2 Å². The molecule has 0 aromatic rings. The lowest BCUT2D eigenvalue weighted by Crippen LogP contribution is -2.54. The monoisotopic (exact) mass is 241 g/mol. The molecule has 17 heavy (non-hydrogen) atoms. The maximum atomic E-state index is 3.54. The molecule has 1 aliphatic rings. The second-order valence-electron chi connectivity index (χ2n) is 5.93. The highest BCUT2D eigenvalue weighted by molar-refractivity contribution is 4.81. The average Bonchev–Trinajstić information content (AvgIpc) is 2.28. The van der Waals surface area contributed by atoms with Crippen LogP contribution in [-0.2, 0) is 0 Å². The minimum atomic E-state index is 0.657. The van der Waals surface area contributed by atoms with Crippen LogP contribution in [0.1, 0.15) is 40.5 Å². The van der Waals surface area contributed by atoms with Gasteiger partial charge in [-0.3, -0.25) is 4.90 Å². The zero-order chi connectivity index (χ0) is 12.8. The van der Waals surface area contributed by atoms with Gasteiger partial charge in [0.15, 0.2) is 0 Å². The lowest BCUT2D eigenvalue weighted by molar-refractivity contribution is 0.141. The molecule has 0 amide bonds. The minimum absolute atomic E-state index is 0.657. The molecule has 0 aromatic heterocycles. The van der Waals surface area contributed by atoms with Gasteiger partial charge in [-0.2, -0.15) is 0 Å². The standard InChI is InChI=1S/C14H31N3/c1-12(2)16(5)8-6-7-9-17-11-13(3)15-10-14(17)4/h12-15H,6-11H2,1-5H3. The van der Waals surface area contributed by atoms with E-state index in [1.807, 2.05) is 0 Å². The molecule has 1 saturated heterocycles. The Morgan fingerprint density at radius 1 is 1.29 bits per heavy atom. The second kappa shape index (κ2) is 7.34. The summed E-state index contributed by atoms with van der Waals surface area (Å²) in [5.74, 6) is 0. The first-order valence-electron chi connectivity index (χ1n) is 7.18. The molecule has 3 heteroatoms. The number of hydrogen-bond acceptors (Lipinski definition) is 3. The van der Waals surface area contributed by atoms with Crippen LogP contribution in [0.15, 0.2) is 0 Å². The number of unbranched alkanes of at least 4 members (excludes halogenated alkanes) is 1. The molecule has 0 saturated carbocycles. The van der Waals surface area contributed by atoms with Crippen LogP contribution in [0, 0.1) is 0 Å². The molecule has 1 N–H and O–H groups in total. The first-order valence-corrected chi connectivity index (χ1v) is 7.18. The maximum absolute atomic E-state index is 3.54. The van der Waals surface area contributed by atoms with Gasteiger partial charge in [0.25, 0.3) is 0 Å². The molecule has 1 aliphatic heterocycles. The molecule has 0 radical (unpaired) electrons. The number of rotatable bonds is 6. The summed E-state index contributed by atoms with van der Waals surface area (Å²) in [6, 6.07) is 2.03. The van der Waals surface area contributed by atoms with Crippen LogP contribution < -0.4 is 5.32 Å². The molecule has 0 aromatic carbocycles. The van der Waals surface area contributed by atoms with Crippen molar-refractivity contribution < 1.29 is 0 Å². The van der Waals surface area contributed by atoms with Gasteiger partial charge in [-0.15, -0.1) is 0 Å². The average molecular weight is 241 g/mol. The molecule has 1 heterocycles. The molecule has 102 valence electrons. The lowest BCUT2D eigenvalue weighted by atomic mass is 10.1. The largest absolute Gasteiger partial charge is 0.311 e. The molecule has 2 atom stereocenters. The first-order chi connectivity index (χ1) is 8.00. The fraction of sp³-hybridized carbons (Fsp3) is 1.00. The number of piperazine rings is 1. The van der Waals surface area contributed by atoms with Gasteiger partial charge >= 0.3 is 0 Å². The third kappa shape index (κ3) is 5.36. The Balaban J connectivity index is 2.13. The van der Waals surface area contributed by atoms with Gasteiger partial charge in [0.1, 0.15) is 0 Å². The van der Waals surface area contributed by atoms with Gasteiger partial charge in [-0.25, -0.2) is 0 Å². The summed E-state index contributed by atoms with van der Waals surface area (Å²) in [6.07, 6.45) is 2.65. The summed E-state index contributed by atoms with van der Waals surface area (Å²) in [5.41, 5.74) is 0. The fourth-order valence-electron chi connectivity index (χ4n) is 2.34. The van der Waals surface area contributed by atoms with Gasteiger partial charge in [-0.05, 0) is 60.7 Å². The SMILES string of the molecule is CC1CN(CCCCN(C)C(C)C)C(C)CN1. The summed E-state index contributed by atoms with van der Waals surface area (Å²) in [5, 5.41) is 3.54. The summed E-state index contributed by atoms with van der Waals surface area (Å²) in [4.78, 5) is 5.07. The van der Waals surface area contributed by atoms with Crippen LogP contribution in [0.2, 0.25) is 0 Å². The van der Waals surface area contributed by atoms with Gasteiger partial charge in [-0.1, -0.05) is 0 Å². The second-order valence-corrected chi connectivity index (χ2v) is 5.93. The van der Waals surface area contributed by atoms with Crippen LogP contribution >= 0.6 is 0 Å². The van der Waals surface area contributed by atoms with Crippen molar-refractivity contribution in [3.8, 4) is 0 Å². The predicted octanol–water partition coefficient (Wildman–Crippen LogP) is 1.79. The van der Waals surface area contributed by atoms with E-state index in [0.717, 1.165) is 6.54 Å². The fourth-order valence-corrected chi connectivity index (χ4v) is 2.34. The van der Waals surface area contributed by atoms with E-state index in [1.54, 1.807) is 0 Å². The van der Waals surface area contributed by atoms with E-state index in [0.29, 0.717) is 18.1 Å². The topological polar surface area (TPSA) is 18.5 Å². The predicted molar refractivity (Wildman–Crippen MR) is 75.5 cm³/mol. The molecule has 1 rings (SSSR count). The molecular formula is C14H31N3.